The van der Waals surface area contributed by atoms with Crippen LogP contribution in [-0.2, 0) is 14.6 Å². The van der Waals surface area contributed by atoms with Gasteiger partial charge >= 0.3 is 0 Å². The Hall–Kier alpha value is -1.66. The van der Waals surface area contributed by atoms with E-state index in [0.29, 0.717) is 19.5 Å². The van der Waals surface area contributed by atoms with Crippen LogP contribution < -0.4 is 0 Å². The topological polar surface area (TPSA) is 57.7 Å². The van der Waals surface area contributed by atoms with E-state index in [2.05, 4.69) is 29.2 Å². The molecule has 0 N–H and O–H groups in total. The molecule has 2 aliphatic rings. The fraction of sp³-hybridized carbons (Fsp3) is 0.500. The Balaban J connectivity index is 1.44. The van der Waals surface area contributed by atoms with Gasteiger partial charge in [-0.25, -0.2) is 8.42 Å². The summed E-state index contributed by atoms with van der Waals surface area (Å²) < 4.78 is 23.1. The molecule has 0 unspecified atom stereocenters. The van der Waals surface area contributed by atoms with Crippen molar-refractivity contribution < 1.29 is 13.2 Å². The zero-order valence-corrected chi connectivity index (χ0v) is 14.6. The number of benzene rings is 1. The monoisotopic (exact) mass is 348 g/mol. The van der Waals surface area contributed by atoms with Crippen molar-refractivity contribution in [1.82, 2.24) is 9.80 Å². The van der Waals surface area contributed by atoms with Crippen LogP contribution in [0.25, 0.3) is 6.08 Å². The van der Waals surface area contributed by atoms with Gasteiger partial charge in [-0.15, -0.1) is 0 Å². The first-order valence-corrected chi connectivity index (χ1v) is 10.3. The summed E-state index contributed by atoms with van der Waals surface area (Å²) in [5, 5.41) is 0. The number of hydrogen-bond donors (Lipinski definition) is 0. The molecule has 2 fully saturated rings. The number of piperazine rings is 1. The predicted molar refractivity (Wildman–Crippen MR) is 95.3 cm³/mol. The van der Waals surface area contributed by atoms with Crippen molar-refractivity contribution in [3.63, 3.8) is 0 Å². The highest BCUT2D eigenvalue weighted by atomic mass is 32.2. The summed E-state index contributed by atoms with van der Waals surface area (Å²) in [5.74, 6) is -0.102. The molecule has 1 aromatic rings. The number of hydrogen-bond acceptors (Lipinski definition) is 4. The first kappa shape index (κ1) is 17.2. The molecular weight excluding hydrogens is 324 g/mol. The average Bonchev–Trinajstić information content (AvgIpc) is 2.96. The molecule has 0 radical (unpaired) electrons. The van der Waals surface area contributed by atoms with Crippen LogP contribution in [0.1, 0.15) is 12.0 Å². The van der Waals surface area contributed by atoms with E-state index in [4.69, 9.17) is 0 Å². The van der Waals surface area contributed by atoms with Gasteiger partial charge in [0.15, 0.2) is 9.84 Å². The molecule has 0 saturated carbocycles. The van der Waals surface area contributed by atoms with Crippen LogP contribution in [0.4, 0.5) is 0 Å². The lowest BCUT2D eigenvalue weighted by Crippen LogP contribution is -2.50. The molecule has 1 aromatic carbocycles. The van der Waals surface area contributed by atoms with Gasteiger partial charge in [0, 0.05) is 32.7 Å². The SMILES string of the molecule is O=C([C@@H]1CCS(=O)(=O)C1)N1CCN(C/C=C/c2ccccc2)CC1. The molecule has 24 heavy (non-hydrogen) atoms. The van der Waals surface area contributed by atoms with E-state index >= 15 is 0 Å². The molecule has 1 atom stereocenters. The maximum Gasteiger partial charge on any atom is 0.226 e. The third-order valence-electron chi connectivity index (χ3n) is 4.74. The number of carbonyl (C=O) groups excluding carboxylic acids is 1. The third-order valence-corrected chi connectivity index (χ3v) is 6.51. The lowest BCUT2D eigenvalue weighted by atomic mass is 10.1. The van der Waals surface area contributed by atoms with Crippen LogP contribution in [0.5, 0.6) is 0 Å². The predicted octanol–water partition coefficient (Wildman–Crippen LogP) is 1.28. The van der Waals surface area contributed by atoms with Gasteiger partial charge in [0.25, 0.3) is 0 Å². The van der Waals surface area contributed by atoms with Crippen molar-refractivity contribution in [2.75, 3.05) is 44.2 Å². The van der Waals surface area contributed by atoms with Gasteiger partial charge in [-0.2, -0.15) is 0 Å². The van der Waals surface area contributed by atoms with Crippen molar-refractivity contribution >= 4 is 21.8 Å². The number of amides is 1. The second-order valence-corrected chi connectivity index (χ2v) is 8.77. The lowest BCUT2D eigenvalue weighted by molar-refractivity contribution is -0.136. The molecule has 0 spiro atoms. The zero-order chi connectivity index (χ0) is 17.0. The van der Waals surface area contributed by atoms with Crippen LogP contribution in [-0.4, -0.2) is 68.4 Å². The minimum atomic E-state index is -3.00. The molecule has 130 valence electrons. The Labute approximate surface area is 143 Å². The largest absolute Gasteiger partial charge is 0.340 e. The van der Waals surface area contributed by atoms with E-state index in [-0.39, 0.29) is 23.3 Å². The lowest BCUT2D eigenvalue weighted by Gasteiger charge is -2.35. The third kappa shape index (κ3) is 4.45. The fourth-order valence-electron chi connectivity index (χ4n) is 3.30. The van der Waals surface area contributed by atoms with Gasteiger partial charge in [-0.1, -0.05) is 42.5 Å². The first-order chi connectivity index (χ1) is 11.5. The highest BCUT2D eigenvalue weighted by molar-refractivity contribution is 7.91. The average molecular weight is 348 g/mol. The molecule has 5 nitrogen and oxygen atoms in total. The quantitative estimate of drug-likeness (QED) is 0.822. The van der Waals surface area contributed by atoms with Crippen LogP contribution in [0.2, 0.25) is 0 Å². The second kappa shape index (κ2) is 7.49. The summed E-state index contributed by atoms with van der Waals surface area (Å²) in [7, 11) is -3.00. The van der Waals surface area contributed by atoms with E-state index in [1.807, 2.05) is 23.1 Å². The van der Waals surface area contributed by atoms with E-state index in [1.165, 1.54) is 5.56 Å². The van der Waals surface area contributed by atoms with Crippen LogP contribution >= 0.6 is 0 Å². The second-order valence-electron chi connectivity index (χ2n) is 6.54. The molecule has 3 rings (SSSR count). The first-order valence-electron chi connectivity index (χ1n) is 8.47. The molecule has 2 aliphatic heterocycles. The van der Waals surface area contributed by atoms with Gasteiger partial charge in [0.1, 0.15) is 0 Å². The molecule has 2 heterocycles. The minimum absolute atomic E-state index is 0.0237. The smallest absolute Gasteiger partial charge is 0.226 e. The Bertz CT molecular complexity index is 692. The maximum absolute atomic E-state index is 12.4. The van der Waals surface area contributed by atoms with Crippen molar-refractivity contribution in [3.05, 3.63) is 42.0 Å². The Morgan fingerprint density at radius 3 is 2.46 bits per heavy atom. The van der Waals surface area contributed by atoms with E-state index in [9.17, 15) is 13.2 Å². The summed E-state index contributed by atoms with van der Waals surface area (Å²) in [6.07, 6.45) is 4.75. The normalized spacial score (nSPS) is 24.5. The van der Waals surface area contributed by atoms with Gasteiger partial charge in [-0.3, -0.25) is 9.69 Å². The maximum atomic E-state index is 12.4. The Morgan fingerprint density at radius 1 is 1.12 bits per heavy atom. The standard InChI is InChI=1S/C18H24N2O3S/c21-18(17-8-14-24(22,23)15-17)20-12-10-19(11-13-20)9-4-7-16-5-2-1-3-6-16/h1-7,17H,8-15H2/b7-4+/t17-/m1/s1. The van der Waals surface area contributed by atoms with Crippen molar-refractivity contribution in [1.29, 1.82) is 0 Å². The molecule has 0 bridgehead atoms. The molecular formula is C18H24N2O3S. The molecule has 6 heteroatoms. The zero-order valence-electron chi connectivity index (χ0n) is 13.8. The fourth-order valence-corrected chi connectivity index (χ4v) is 5.03. The van der Waals surface area contributed by atoms with E-state index in [1.54, 1.807) is 0 Å². The van der Waals surface area contributed by atoms with Gasteiger partial charge in [0.05, 0.1) is 17.4 Å². The molecule has 1 amide bonds. The van der Waals surface area contributed by atoms with E-state index in [0.717, 1.165) is 19.6 Å². The van der Waals surface area contributed by atoms with Crippen molar-refractivity contribution in [2.45, 2.75) is 6.42 Å². The summed E-state index contributed by atoms with van der Waals surface area (Å²) in [6, 6.07) is 10.2. The van der Waals surface area contributed by atoms with Crippen molar-refractivity contribution in [3.8, 4) is 0 Å². The summed E-state index contributed by atoms with van der Waals surface area (Å²) in [6.45, 7) is 3.92. The van der Waals surface area contributed by atoms with Crippen molar-refractivity contribution in [2.24, 2.45) is 5.92 Å². The molecule has 2 saturated heterocycles. The Kier molecular flexibility index (Phi) is 5.36. The summed E-state index contributed by atoms with van der Waals surface area (Å²) >= 11 is 0. The number of rotatable bonds is 4. The Morgan fingerprint density at radius 2 is 1.83 bits per heavy atom. The number of carbonyl (C=O) groups is 1. The highest BCUT2D eigenvalue weighted by Gasteiger charge is 2.36. The van der Waals surface area contributed by atoms with Crippen LogP contribution in [0.3, 0.4) is 0 Å². The molecule has 0 aliphatic carbocycles. The van der Waals surface area contributed by atoms with Gasteiger partial charge in [-0.05, 0) is 12.0 Å². The van der Waals surface area contributed by atoms with Gasteiger partial charge in [0.2, 0.25) is 5.91 Å². The van der Waals surface area contributed by atoms with Crippen LogP contribution in [0.15, 0.2) is 36.4 Å². The minimum Gasteiger partial charge on any atom is -0.340 e. The van der Waals surface area contributed by atoms with Gasteiger partial charge < -0.3 is 4.90 Å². The van der Waals surface area contributed by atoms with Crippen LogP contribution in [0, 0.1) is 5.92 Å². The number of sulfone groups is 1. The van der Waals surface area contributed by atoms with E-state index < -0.39 is 9.84 Å². The summed E-state index contributed by atoms with van der Waals surface area (Å²) in [5.41, 5.74) is 1.19. The number of nitrogens with zero attached hydrogens (tertiary/aromatic N) is 2. The summed E-state index contributed by atoms with van der Waals surface area (Å²) in [4.78, 5) is 16.6. The molecule has 0 aromatic heterocycles. The highest BCUT2D eigenvalue weighted by Crippen LogP contribution is 2.21.